The lowest BCUT2D eigenvalue weighted by Gasteiger charge is -2.24. The summed E-state index contributed by atoms with van der Waals surface area (Å²) in [6.07, 6.45) is -0.536. The quantitative estimate of drug-likeness (QED) is 0.714. The number of nitrogens with one attached hydrogen (secondary N) is 1. The van der Waals surface area contributed by atoms with E-state index in [1.54, 1.807) is 58.9 Å². The summed E-state index contributed by atoms with van der Waals surface area (Å²) in [4.78, 5) is 24.2. The molecule has 0 unspecified atom stereocenters. The van der Waals surface area contributed by atoms with Gasteiger partial charge in [0.15, 0.2) is 5.60 Å². The molecule has 0 aliphatic carbocycles. The van der Waals surface area contributed by atoms with Crippen LogP contribution in [0, 0.1) is 0 Å². The summed E-state index contributed by atoms with van der Waals surface area (Å²) in [5, 5.41) is 2.64. The van der Waals surface area contributed by atoms with Crippen molar-refractivity contribution in [2.24, 2.45) is 0 Å². The predicted molar refractivity (Wildman–Crippen MR) is 107 cm³/mol. The lowest BCUT2D eigenvalue weighted by molar-refractivity contribution is -0.160. The van der Waals surface area contributed by atoms with Crippen LogP contribution in [-0.4, -0.2) is 23.3 Å². The minimum Gasteiger partial charge on any atom is -0.476 e. The van der Waals surface area contributed by atoms with E-state index < -0.39 is 23.3 Å². The van der Waals surface area contributed by atoms with Gasteiger partial charge in [0.25, 0.3) is 0 Å². The van der Waals surface area contributed by atoms with Crippen LogP contribution in [0.2, 0.25) is 0 Å². The summed E-state index contributed by atoms with van der Waals surface area (Å²) < 4.78 is 16.3. The first-order valence-electron chi connectivity index (χ1n) is 9.05. The molecule has 0 saturated carbocycles. The minimum atomic E-state index is -1.16. The minimum absolute atomic E-state index is 0.186. The molecule has 1 N–H and O–H groups in total. The summed E-state index contributed by atoms with van der Waals surface area (Å²) in [6.45, 7) is 8.86. The molecule has 0 bridgehead atoms. The van der Waals surface area contributed by atoms with Gasteiger partial charge < -0.3 is 14.2 Å². The van der Waals surface area contributed by atoms with Gasteiger partial charge in [-0.2, -0.15) is 0 Å². The van der Waals surface area contributed by atoms with Gasteiger partial charge in [-0.1, -0.05) is 30.3 Å². The molecule has 0 aliphatic rings. The average molecular weight is 385 g/mol. The highest BCUT2D eigenvalue weighted by Crippen LogP contribution is 2.22. The predicted octanol–water partition coefficient (Wildman–Crippen LogP) is 4.93. The van der Waals surface area contributed by atoms with Crippen LogP contribution < -0.4 is 10.1 Å². The highest BCUT2D eigenvalue weighted by Gasteiger charge is 2.32. The first-order valence-corrected chi connectivity index (χ1v) is 9.05. The lowest BCUT2D eigenvalue weighted by atomic mass is 10.1. The fourth-order valence-electron chi connectivity index (χ4n) is 2.26. The molecule has 1 amide bonds. The van der Waals surface area contributed by atoms with Gasteiger partial charge in [0, 0.05) is 5.69 Å². The third kappa shape index (κ3) is 6.95. The number of carbonyl (C=O) groups excluding carboxylic acids is 2. The Morgan fingerprint density at radius 3 is 2.07 bits per heavy atom. The van der Waals surface area contributed by atoms with Crippen molar-refractivity contribution in [3.63, 3.8) is 0 Å². The molecule has 0 aliphatic heterocycles. The van der Waals surface area contributed by atoms with Crippen molar-refractivity contribution in [2.75, 3.05) is 5.32 Å². The van der Waals surface area contributed by atoms with Crippen molar-refractivity contribution in [1.29, 1.82) is 0 Å². The molecule has 0 radical (unpaired) electrons. The lowest BCUT2D eigenvalue weighted by Crippen LogP contribution is -2.39. The Morgan fingerprint density at radius 1 is 0.893 bits per heavy atom. The Morgan fingerprint density at radius 2 is 1.50 bits per heavy atom. The van der Waals surface area contributed by atoms with Crippen molar-refractivity contribution < 1.29 is 23.8 Å². The van der Waals surface area contributed by atoms with Gasteiger partial charge in [-0.15, -0.1) is 0 Å². The highest BCUT2D eigenvalue weighted by molar-refractivity contribution is 5.85. The Hall–Kier alpha value is -3.02. The normalized spacial score (nSPS) is 11.5. The number of hydrogen-bond donors (Lipinski definition) is 1. The number of esters is 1. The van der Waals surface area contributed by atoms with E-state index in [0.29, 0.717) is 11.4 Å². The fraction of sp³-hybridized carbons (Fsp3) is 0.364. The smallest absolute Gasteiger partial charge is 0.412 e. The second-order valence-electron chi connectivity index (χ2n) is 7.83. The SMILES string of the molecule is CC(C)(C)OC(=O)Nc1ccc(OC(C)(C)C(=O)OCc2ccccc2)cc1. The molecule has 6 heteroatoms. The summed E-state index contributed by atoms with van der Waals surface area (Å²) in [7, 11) is 0. The zero-order valence-corrected chi connectivity index (χ0v) is 16.9. The number of ether oxygens (including phenoxy) is 3. The van der Waals surface area contributed by atoms with Crippen LogP contribution in [0.5, 0.6) is 5.75 Å². The number of carbonyl (C=O) groups is 2. The molecule has 2 aromatic rings. The molecule has 6 nitrogen and oxygen atoms in total. The Balaban J connectivity index is 1.90. The van der Waals surface area contributed by atoms with Crippen molar-refractivity contribution in [1.82, 2.24) is 0 Å². The standard InChI is InChI=1S/C22H27NO5/c1-21(2,3)28-20(25)23-17-11-13-18(14-12-17)27-22(4,5)19(24)26-15-16-9-7-6-8-10-16/h6-14H,15H2,1-5H3,(H,23,25). The van der Waals surface area contributed by atoms with E-state index in [9.17, 15) is 9.59 Å². The fourth-order valence-corrected chi connectivity index (χ4v) is 2.26. The molecular formula is C22H27NO5. The van der Waals surface area contributed by atoms with E-state index in [4.69, 9.17) is 14.2 Å². The number of hydrogen-bond acceptors (Lipinski definition) is 5. The average Bonchev–Trinajstić information content (AvgIpc) is 2.60. The second kappa shape index (κ2) is 8.78. The van der Waals surface area contributed by atoms with Gasteiger partial charge in [0.2, 0.25) is 0 Å². The number of anilines is 1. The largest absolute Gasteiger partial charge is 0.476 e. The van der Waals surface area contributed by atoms with Crippen molar-refractivity contribution in [2.45, 2.75) is 52.4 Å². The first-order chi connectivity index (χ1) is 13.0. The molecule has 0 saturated heterocycles. The Kier molecular flexibility index (Phi) is 6.67. The third-order valence-corrected chi connectivity index (χ3v) is 3.58. The van der Waals surface area contributed by atoms with Gasteiger partial charge >= 0.3 is 12.1 Å². The van der Waals surface area contributed by atoms with E-state index in [2.05, 4.69) is 5.32 Å². The number of benzene rings is 2. The van der Waals surface area contributed by atoms with Gasteiger partial charge in [-0.25, -0.2) is 9.59 Å². The molecule has 2 rings (SSSR count). The molecule has 2 aromatic carbocycles. The molecular weight excluding hydrogens is 358 g/mol. The second-order valence-corrected chi connectivity index (χ2v) is 7.83. The van der Waals surface area contributed by atoms with E-state index in [-0.39, 0.29) is 6.61 Å². The molecule has 0 fully saturated rings. The Labute approximate surface area is 165 Å². The van der Waals surface area contributed by atoms with E-state index in [1.807, 2.05) is 30.3 Å². The summed E-state index contributed by atoms with van der Waals surface area (Å²) in [6, 6.07) is 16.1. The molecule has 28 heavy (non-hydrogen) atoms. The molecule has 150 valence electrons. The zero-order chi connectivity index (χ0) is 20.8. The maximum absolute atomic E-state index is 12.4. The van der Waals surface area contributed by atoms with Crippen molar-refractivity contribution >= 4 is 17.7 Å². The number of amides is 1. The Bertz CT molecular complexity index is 792. The zero-order valence-electron chi connectivity index (χ0n) is 16.9. The van der Waals surface area contributed by atoms with Crippen LogP contribution in [0.15, 0.2) is 54.6 Å². The molecule has 0 aromatic heterocycles. The maximum Gasteiger partial charge on any atom is 0.412 e. The monoisotopic (exact) mass is 385 g/mol. The van der Waals surface area contributed by atoms with Crippen LogP contribution in [-0.2, 0) is 20.9 Å². The topological polar surface area (TPSA) is 73.9 Å². The van der Waals surface area contributed by atoms with Crippen LogP contribution >= 0.6 is 0 Å². The van der Waals surface area contributed by atoms with Crippen LogP contribution in [0.3, 0.4) is 0 Å². The molecule has 0 heterocycles. The summed E-state index contributed by atoms with van der Waals surface area (Å²) in [5.41, 5.74) is -0.262. The molecule has 0 atom stereocenters. The number of rotatable bonds is 6. The third-order valence-electron chi connectivity index (χ3n) is 3.58. The molecule has 0 spiro atoms. The van der Waals surface area contributed by atoms with E-state index >= 15 is 0 Å². The maximum atomic E-state index is 12.4. The van der Waals surface area contributed by atoms with Crippen molar-refractivity contribution in [3.8, 4) is 5.75 Å². The summed E-state index contributed by atoms with van der Waals surface area (Å²) >= 11 is 0. The van der Waals surface area contributed by atoms with E-state index in [0.717, 1.165) is 5.56 Å². The van der Waals surface area contributed by atoms with E-state index in [1.165, 1.54) is 0 Å². The van der Waals surface area contributed by atoms with Crippen LogP contribution in [0.1, 0.15) is 40.2 Å². The van der Waals surface area contributed by atoms with Gasteiger partial charge in [-0.05, 0) is 64.4 Å². The van der Waals surface area contributed by atoms with Gasteiger partial charge in [0.1, 0.15) is 18.0 Å². The van der Waals surface area contributed by atoms with Gasteiger partial charge in [-0.3, -0.25) is 5.32 Å². The van der Waals surface area contributed by atoms with Crippen LogP contribution in [0.25, 0.3) is 0 Å². The van der Waals surface area contributed by atoms with Crippen LogP contribution in [0.4, 0.5) is 10.5 Å². The summed E-state index contributed by atoms with van der Waals surface area (Å²) in [5.74, 6) is 0.0173. The van der Waals surface area contributed by atoms with Crippen molar-refractivity contribution in [3.05, 3.63) is 60.2 Å². The highest BCUT2D eigenvalue weighted by atomic mass is 16.6. The van der Waals surface area contributed by atoms with Gasteiger partial charge in [0.05, 0.1) is 0 Å². The first kappa shape index (κ1) is 21.3.